The first-order valence-corrected chi connectivity index (χ1v) is 8.23. The van der Waals surface area contributed by atoms with Gasteiger partial charge in [0.1, 0.15) is 6.61 Å². The van der Waals surface area contributed by atoms with Gasteiger partial charge in [0.15, 0.2) is 0 Å². The molecule has 1 aliphatic heterocycles. The second-order valence-electron chi connectivity index (χ2n) is 6.59. The second-order valence-corrected chi connectivity index (χ2v) is 6.59. The highest BCUT2D eigenvalue weighted by Crippen LogP contribution is 2.30. The summed E-state index contributed by atoms with van der Waals surface area (Å²) in [5.74, 6) is -0.606. The Balaban J connectivity index is 1.75. The second kappa shape index (κ2) is 7.92. The number of nitrogens with one attached hydrogen (secondary N) is 1. The smallest absolute Gasteiger partial charge is 0.311 e. The monoisotopic (exact) mass is 313 g/mol. The Kier molecular flexibility index (Phi) is 6.20. The fourth-order valence-corrected chi connectivity index (χ4v) is 3.26. The zero-order valence-corrected chi connectivity index (χ0v) is 13.3. The summed E-state index contributed by atoms with van der Waals surface area (Å²) in [4.78, 5) is 23.4. The fourth-order valence-electron chi connectivity index (χ4n) is 3.26. The van der Waals surface area contributed by atoms with Crippen LogP contribution in [0.5, 0.6) is 0 Å². The van der Waals surface area contributed by atoms with Gasteiger partial charge in [-0.05, 0) is 31.6 Å². The molecule has 22 heavy (non-hydrogen) atoms. The molecule has 1 amide bonds. The Hall–Kier alpha value is -1.14. The number of ether oxygens (including phenoxy) is 2. The molecule has 0 radical (unpaired) electrons. The number of carbonyl (C=O) groups is 2. The van der Waals surface area contributed by atoms with Crippen molar-refractivity contribution in [1.29, 1.82) is 0 Å². The summed E-state index contributed by atoms with van der Waals surface area (Å²) in [5, 5.41) is 12.2. The van der Waals surface area contributed by atoms with E-state index >= 15 is 0 Å². The molecular formula is C16H27NO5. The van der Waals surface area contributed by atoms with Crippen molar-refractivity contribution in [3.63, 3.8) is 0 Å². The first kappa shape index (κ1) is 17.2. The third-order valence-electron chi connectivity index (χ3n) is 4.99. The Bertz CT molecular complexity index is 392. The zero-order valence-electron chi connectivity index (χ0n) is 13.3. The number of hydrogen-bond donors (Lipinski definition) is 2. The highest BCUT2D eigenvalue weighted by Gasteiger charge is 2.40. The van der Waals surface area contributed by atoms with Crippen molar-refractivity contribution < 1.29 is 24.2 Å². The quantitative estimate of drug-likeness (QED) is 0.777. The molecule has 6 heteroatoms. The topological polar surface area (TPSA) is 84.9 Å². The lowest BCUT2D eigenvalue weighted by atomic mass is 9.80. The SMILES string of the molecule is CC1CCCCC1OCC(=O)NCC1(C(=O)O)CCOCC1. The van der Waals surface area contributed by atoms with Crippen molar-refractivity contribution in [3.05, 3.63) is 0 Å². The zero-order chi connectivity index (χ0) is 16.0. The van der Waals surface area contributed by atoms with Crippen LogP contribution in [-0.2, 0) is 19.1 Å². The van der Waals surface area contributed by atoms with Crippen LogP contribution >= 0.6 is 0 Å². The van der Waals surface area contributed by atoms with Crippen LogP contribution in [0.1, 0.15) is 45.4 Å². The van der Waals surface area contributed by atoms with E-state index in [9.17, 15) is 14.7 Å². The highest BCUT2D eigenvalue weighted by molar-refractivity contribution is 5.79. The molecule has 1 heterocycles. The normalized spacial score (nSPS) is 28.0. The first-order valence-electron chi connectivity index (χ1n) is 8.23. The fraction of sp³-hybridized carbons (Fsp3) is 0.875. The summed E-state index contributed by atoms with van der Waals surface area (Å²) < 4.78 is 10.9. The van der Waals surface area contributed by atoms with E-state index in [1.165, 1.54) is 6.42 Å². The summed E-state index contributed by atoms with van der Waals surface area (Å²) >= 11 is 0. The van der Waals surface area contributed by atoms with Crippen LogP contribution in [0.4, 0.5) is 0 Å². The average Bonchev–Trinajstić information content (AvgIpc) is 2.53. The van der Waals surface area contributed by atoms with E-state index in [2.05, 4.69) is 12.2 Å². The van der Waals surface area contributed by atoms with Gasteiger partial charge in [0, 0.05) is 19.8 Å². The maximum Gasteiger partial charge on any atom is 0.311 e. The van der Waals surface area contributed by atoms with Crippen LogP contribution < -0.4 is 5.32 Å². The van der Waals surface area contributed by atoms with Crippen LogP contribution in [0.2, 0.25) is 0 Å². The van der Waals surface area contributed by atoms with Gasteiger partial charge in [-0.1, -0.05) is 19.8 Å². The Morgan fingerprint density at radius 1 is 1.27 bits per heavy atom. The molecule has 6 nitrogen and oxygen atoms in total. The lowest BCUT2D eigenvalue weighted by Crippen LogP contribution is -2.47. The van der Waals surface area contributed by atoms with Crippen molar-refractivity contribution in [2.24, 2.45) is 11.3 Å². The van der Waals surface area contributed by atoms with Crippen molar-refractivity contribution in [2.45, 2.75) is 51.6 Å². The average molecular weight is 313 g/mol. The Labute approximate surface area is 131 Å². The van der Waals surface area contributed by atoms with Gasteiger partial charge in [-0.15, -0.1) is 0 Å². The Morgan fingerprint density at radius 3 is 2.59 bits per heavy atom. The molecule has 2 rings (SSSR count). The molecule has 1 aliphatic carbocycles. The maximum atomic E-state index is 11.9. The molecule has 2 aliphatic rings. The van der Waals surface area contributed by atoms with E-state index in [0.717, 1.165) is 19.3 Å². The van der Waals surface area contributed by atoms with Crippen molar-refractivity contribution >= 4 is 11.9 Å². The van der Waals surface area contributed by atoms with Crippen LogP contribution in [-0.4, -0.2) is 49.5 Å². The van der Waals surface area contributed by atoms with Crippen LogP contribution in [0.15, 0.2) is 0 Å². The van der Waals surface area contributed by atoms with Gasteiger partial charge in [0.05, 0.1) is 11.5 Å². The third-order valence-corrected chi connectivity index (χ3v) is 4.99. The van der Waals surface area contributed by atoms with Gasteiger partial charge in [-0.3, -0.25) is 9.59 Å². The molecular weight excluding hydrogens is 286 g/mol. The predicted molar refractivity (Wildman–Crippen MR) is 80.5 cm³/mol. The largest absolute Gasteiger partial charge is 0.481 e. The van der Waals surface area contributed by atoms with Crippen LogP contribution in [0, 0.1) is 11.3 Å². The van der Waals surface area contributed by atoms with Crippen molar-refractivity contribution in [1.82, 2.24) is 5.32 Å². The van der Waals surface area contributed by atoms with Crippen LogP contribution in [0.3, 0.4) is 0 Å². The van der Waals surface area contributed by atoms with E-state index < -0.39 is 11.4 Å². The van der Waals surface area contributed by atoms with Gasteiger partial charge in [0.25, 0.3) is 0 Å². The van der Waals surface area contributed by atoms with Gasteiger partial charge < -0.3 is 19.9 Å². The number of aliphatic carboxylic acids is 1. The lowest BCUT2D eigenvalue weighted by molar-refractivity contribution is -0.155. The number of hydrogen-bond acceptors (Lipinski definition) is 4. The summed E-state index contributed by atoms with van der Waals surface area (Å²) in [6.07, 6.45) is 5.55. The predicted octanol–water partition coefficient (Wildman–Crippen LogP) is 1.58. The minimum atomic E-state index is -0.897. The van der Waals surface area contributed by atoms with E-state index in [1.54, 1.807) is 0 Å². The number of rotatable bonds is 6. The summed E-state index contributed by atoms with van der Waals surface area (Å²) in [5.41, 5.74) is -0.897. The third kappa shape index (κ3) is 4.43. The number of carboxylic acids is 1. The minimum Gasteiger partial charge on any atom is -0.481 e. The summed E-state index contributed by atoms with van der Waals surface area (Å²) in [6.45, 7) is 3.18. The maximum absolute atomic E-state index is 11.9. The number of carboxylic acid groups (broad SMARTS) is 1. The summed E-state index contributed by atoms with van der Waals surface area (Å²) in [7, 11) is 0. The molecule has 126 valence electrons. The van der Waals surface area contributed by atoms with E-state index in [4.69, 9.17) is 9.47 Å². The van der Waals surface area contributed by atoms with Crippen molar-refractivity contribution in [2.75, 3.05) is 26.4 Å². The highest BCUT2D eigenvalue weighted by atomic mass is 16.5. The molecule has 2 unspecified atom stereocenters. The molecule has 0 spiro atoms. The minimum absolute atomic E-state index is 0.0151. The number of carbonyl (C=O) groups excluding carboxylic acids is 1. The molecule has 0 aromatic rings. The molecule has 2 N–H and O–H groups in total. The van der Waals surface area contributed by atoms with Crippen molar-refractivity contribution in [3.8, 4) is 0 Å². The summed E-state index contributed by atoms with van der Waals surface area (Å²) in [6, 6.07) is 0. The van der Waals surface area contributed by atoms with Gasteiger partial charge in [-0.25, -0.2) is 0 Å². The first-order chi connectivity index (χ1) is 10.5. The van der Waals surface area contributed by atoms with Gasteiger partial charge >= 0.3 is 5.97 Å². The van der Waals surface area contributed by atoms with E-state index in [1.807, 2.05) is 0 Å². The molecule has 1 saturated heterocycles. The van der Waals surface area contributed by atoms with E-state index in [0.29, 0.717) is 32.0 Å². The van der Waals surface area contributed by atoms with Gasteiger partial charge in [0.2, 0.25) is 5.91 Å². The van der Waals surface area contributed by atoms with E-state index in [-0.39, 0.29) is 25.2 Å². The molecule has 2 atom stereocenters. The van der Waals surface area contributed by atoms with Crippen LogP contribution in [0.25, 0.3) is 0 Å². The molecule has 1 saturated carbocycles. The molecule has 0 aromatic carbocycles. The molecule has 0 bridgehead atoms. The van der Waals surface area contributed by atoms with Gasteiger partial charge in [-0.2, -0.15) is 0 Å². The Morgan fingerprint density at radius 2 is 1.95 bits per heavy atom. The molecule has 0 aromatic heterocycles. The lowest BCUT2D eigenvalue weighted by Gasteiger charge is -2.33. The molecule has 2 fully saturated rings. The standard InChI is InChI=1S/C16H27NO5/c1-12-4-2-3-5-13(12)22-10-14(18)17-11-16(15(19)20)6-8-21-9-7-16/h12-13H,2-11H2,1H3,(H,17,18)(H,19,20). The number of amides is 1.